The lowest BCUT2D eigenvalue weighted by atomic mass is 10.1. The molecule has 1 aliphatic rings. The number of rotatable bonds is 1. The van der Waals surface area contributed by atoms with Gasteiger partial charge in [0.05, 0.1) is 0 Å². The second-order valence-electron chi connectivity index (χ2n) is 6.09. The van der Waals surface area contributed by atoms with E-state index in [0.29, 0.717) is 0 Å². The molecule has 0 bridgehead atoms. The molecule has 0 unspecified atom stereocenters. The number of carbonyl (C=O) groups is 1. The van der Waals surface area contributed by atoms with Crippen molar-refractivity contribution in [2.75, 3.05) is 0 Å². The number of carbonyl (C=O) groups excluding carboxylic acids is 1. The quantitative estimate of drug-likeness (QED) is 0.560. The van der Waals surface area contributed by atoms with Gasteiger partial charge >= 0.3 is 0 Å². The van der Waals surface area contributed by atoms with Gasteiger partial charge in [0.15, 0.2) is 5.78 Å². The van der Waals surface area contributed by atoms with Crippen LogP contribution in [0.4, 0.5) is 0 Å². The average Bonchev–Trinajstić information content (AvgIpc) is 2.24. The highest BCUT2D eigenvalue weighted by atomic mass is 28.3. The van der Waals surface area contributed by atoms with E-state index in [0.717, 1.165) is 5.56 Å². The predicted octanol–water partition coefficient (Wildman–Crippen LogP) is 2.37. The molecule has 1 aromatic carbocycles. The topological polar surface area (TPSA) is 17.1 Å². The van der Waals surface area contributed by atoms with Crippen LogP contribution in [0.25, 0.3) is 0 Å². The lowest BCUT2D eigenvalue weighted by molar-refractivity contribution is 0.101. The number of ketones is 1. The highest BCUT2D eigenvalue weighted by molar-refractivity contribution is 7.07. The van der Waals surface area contributed by atoms with Gasteiger partial charge in [0, 0.05) is 5.56 Å². The van der Waals surface area contributed by atoms with Gasteiger partial charge in [-0.1, -0.05) is 66.2 Å². The van der Waals surface area contributed by atoms with Crippen LogP contribution in [-0.2, 0) is 0 Å². The van der Waals surface area contributed by atoms with Crippen LogP contribution < -0.4 is 10.4 Å². The van der Waals surface area contributed by atoms with E-state index >= 15 is 0 Å². The minimum absolute atomic E-state index is 0.173. The van der Waals surface area contributed by atoms with Crippen molar-refractivity contribution in [2.24, 2.45) is 0 Å². The zero-order valence-electron chi connectivity index (χ0n) is 11.3. The van der Waals surface area contributed by atoms with Gasteiger partial charge in [-0.25, -0.2) is 0 Å². The van der Waals surface area contributed by atoms with E-state index in [1.807, 2.05) is 6.07 Å². The van der Waals surface area contributed by atoms with Crippen molar-refractivity contribution in [1.82, 2.24) is 0 Å². The van der Waals surface area contributed by atoms with Crippen molar-refractivity contribution in [3.05, 3.63) is 35.2 Å². The summed E-state index contributed by atoms with van der Waals surface area (Å²) in [6.07, 6.45) is 0. The van der Waals surface area contributed by atoms with Gasteiger partial charge in [-0.15, -0.1) is 0 Å². The highest BCUT2D eigenvalue weighted by Gasteiger charge is 2.35. The summed E-state index contributed by atoms with van der Waals surface area (Å²) in [5.74, 6) is 0.173. The zero-order chi connectivity index (χ0) is 12.8. The first-order valence-electron chi connectivity index (χ1n) is 6.10. The van der Waals surface area contributed by atoms with Crippen LogP contribution in [0.5, 0.6) is 0 Å². The molecule has 1 nitrogen and oxygen atoms in total. The molecule has 3 heteroatoms. The maximum Gasteiger partial charge on any atom is 0.159 e. The van der Waals surface area contributed by atoms with Crippen LogP contribution >= 0.6 is 0 Å². The van der Waals surface area contributed by atoms with Crippen molar-refractivity contribution in [3.8, 4) is 0 Å². The normalized spacial score (nSPS) is 19.8. The molecule has 0 N–H and O–H groups in total. The number of benzene rings is 1. The number of hydrogen-bond donors (Lipinski definition) is 0. The summed E-state index contributed by atoms with van der Waals surface area (Å²) >= 11 is 0. The van der Waals surface area contributed by atoms with E-state index in [4.69, 9.17) is 0 Å². The van der Waals surface area contributed by atoms with Gasteiger partial charge in [-0.05, 0) is 6.92 Å². The number of Topliss-reactive ketones (excluding diaryl/α,β-unsaturated/α-hetero) is 1. The van der Waals surface area contributed by atoms with Gasteiger partial charge in [-0.2, -0.15) is 0 Å². The molecule has 2 rings (SSSR count). The Labute approximate surface area is 106 Å². The smallest absolute Gasteiger partial charge is 0.159 e. The summed E-state index contributed by atoms with van der Waals surface area (Å²) in [5, 5.41) is 3.01. The number of hydrogen-bond acceptors (Lipinski definition) is 1. The van der Waals surface area contributed by atoms with Crippen LogP contribution in [0.2, 0.25) is 26.2 Å². The first-order chi connectivity index (χ1) is 7.74. The standard InChI is InChI=1S/C14H20OSi2/c1-11(15)12-6-7-13-14(10-12)17(4,5)9-8-16(13,2)3/h6-10H,1-5H3. The average molecular weight is 260 g/mol. The minimum Gasteiger partial charge on any atom is -0.295 e. The first-order valence-corrected chi connectivity index (χ1v) is 12.3. The van der Waals surface area contributed by atoms with E-state index in [2.05, 4.69) is 49.7 Å². The molecule has 0 saturated carbocycles. The third kappa shape index (κ3) is 2.09. The fraction of sp³-hybridized carbons (Fsp3) is 0.357. The molecule has 0 aromatic heterocycles. The summed E-state index contributed by atoms with van der Waals surface area (Å²) in [6.45, 7) is 11.1. The molecule has 1 heterocycles. The van der Waals surface area contributed by atoms with Crippen molar-refractivity contribution in [1.29, 1.82) is 0 Å². The maximum absolute atomic E-state index is 11.5. The second-order valence-corrected chi connectivity index (χ2v) is 14.7. The molecule has 1 aliphatic heterocycles. The summed E-state index contributed by atoms with van der Waals surface area (Å²) in [6, 6.07) is 6.36. The molecular weight excluding hydrogens is 240 g/mol. The first kappa shape index (κ1) is 12.5. The third-order valence-corrected chi connectivity index (χ3v) is 9.94. The van der Waals surface area contributed by atoms with E-state index in [1.165, 1.54) is 10.4 Å². The summed E-state index contributed by atoms with van der Waals surface area (Å²) in [4.78, 5) is 11.5. The second kappa shape index (κ2) is 3.78. The van der Waals surface area contributed by atoms with Gasteiger partial charge in [0.25, 0.3) is 0 Å². The van der Waals surface area contributed by atoms with Gasteiger partial charge in [0.1, 0.15) is 16.1 Å². The van der Waals surface area contributed by atoms with Crippen LogP contribution in [-0.4, -0.2) is 21.9 Å². The molecule has 17 heavy (non-hydrogen) atoms. The highest BCUT2D eigenvalue weighted by Crippen LogP contribution is 2.17. The SMILES string of the molecule is CC(=O)c1ccc2c(c1)[Si](C)(C)C=C[Si]2(C)C. The Morgan fingerprint density at radius 1 is 0.941 bits per heavy atom. The Hall–Kier alpha value is -0.936. The Kier molecular flexibility index (Phi) is 2.79. The fourth-order valence-corrected chi connectivity index (χ4v) is 10.7. The van der Waals surface area contributed by atoms with Crippen LogP contribution in [0, 0.1) is 0 Å². The Morgan fingerprint density at radius 2 is 1.47 bits per heavy atom. The molecule has 0 amide bonds. The summed E-state index contributed by atoms with van der Waals surface area (Å²) < 4.78 is 0. The minimum atomic E-state index is -1.48. The molecular formula is C14H20OSi2. The van der Waals surface area contributed by atoms with Crippen LogP contribution in [0.15, 0.2) is 29.6 Å². The van der Waals surface area contributed by atoms with Crippen molar-refractivity contribution >= 4 is 32.3 Å². The summed E-state index contributed by atoms with van der Waals surface area (Å²) in [7, 11) is -2.89. The van der Waals surface area contributed by atoms with Crippen molar-refractivity contribution < 1.29 is 4.79 Å². The Bertz CT molecular complexity index is 513. The van der Waals surface area contributed by atoms with E-state index in [9.17, 15) is 4.79 Å². The molecule has 0 spiro atoms. The monoisotopic (exact) mass is 260 g/mol. The molecule has 0 atom stereocenters. The van der Waals surface area contributed by atoms with Gasteiger partial charge in [-0.3, -0.25) is 4.79 Å². The Balaban J connectivity index is 2.68. The van der Waals surface area contributed by atoms with Crippen molar-refractivity contribution in [3.63, 3.8) is 0 Å². The van der Waals surface area contributed by atoms with E-state index in [-0.39, 0.29) is 5.78 Å². The zero-order valence-corrected chi connectivity index (χ0v) is 13.3. The van der Waals surface area contributed by atoms with Gasteiger partial charge in [0.2, 0.25) is 0 Å². The largest absolute Gasteiger partial charge is 0.295 e. The molecule has 0 radical (unpaired) electrons. The maximum atomic E-state index is 11.5. The number of fused-ring (bicyclic) bond motifs is 1. The molecule has 0 fully saturated rings. The lowest BCUT2D eigenvalue weighted by Crippen LogP contribution is -2.61. The lowest BCUT2D eigenvalue weighted by Gasteiger charge is -2.34. The van der Waals surface area contributed by atoms with Crippen molar-refractivity contribution in [2.45, 2.75) is 33.1 Å². The predicted molar refractivity (Wildman–Crippen MR) is 79.8 cm³/mol. The Morgan fingerprint density at radius 3 is 2.00 bits per heavy atom. The molecule has 0 aliphatic carbocycles. The molecule has 1 aromatic rings. The molecule has 0 saturated heterocycles. The van der Waals surface area contributed by atoms with E-state index < -0.39 is 16.1 Å². The van der Waals surface area contributed by atoms with Gasteiger partial charge < -0.3 is 0 Å². The summed E-state index contributed by atoms with van der Waals surface area (Å²) in [5.41, 5.74) is 5.78. The van der Waals surface area contributed by atoms with Crippen LogP contribution in [0.1, 0.15) is 17.3 Å². The molecule has 90 valence electrons. The fourth-order valence-electron chi connectivity index (χ4n) is 2.45. The van der Waals surface area contributed by atoms with E-state index in [1.54, 1.807) is 6.92 Å². The van der Waals surface area contributed by atoms with Crippen LogP contribution in [0.3, 0.4) is 0 Å². The third-order valence-electron chi connectivity index (χ3n) is 3.73.